The fourth-order valence-corrected chi connectivity index (χ4v) is 1.59. The molecule has 15 heavy (non-hydrogen) atoms. The highest BCUT2D eigenvalue weighted by Gasteiger charge is 2.35. The number of ether oxygens (including phenoxy) is 2. The van der Waals surface area contributed by atoms with Crippen molar-refractivity contribution in [1.29, 1.82) is 0 Å². The molecule has 0 bridgehead atoms. The molecular formula is C9H15N3O3. The van der Waals surface area contributed by atoms with Crippen molar-refractivity contribution in [3.8, 4) is 0 Å². The highest BCUT2D eigenvalue weighted by atomic mass is 16.5. The largest absolute Gasteiger partial charge is 0.381 e. The number of rotatable bonds is 3. The summed E-state index contributed by atoms with van der Waals surface area (Å²) in [5, 5.41) is 3.79. The van der Waals surface area contributed by atoms with Crippen LogP contribution in [0.15, 0.2) is 4.52 Å². The van der Waals surface area contributed by atoms with Crippen LogP contribution in [0, 0.1) is 0 Å². The molecule has 6 heteroatoms. The summed E-state index contributed by atoms with van der Waals surface area (Å²) in [5.41, 5.74) is 5.64. The quantitative estimate of drug-likeness (QED) is 0.771. The Morgan fingerprint density at radius 2 is 2.20 bits per heavy atom. The van der Waals surface area contributed by atoms with Gasteiger partial charge in [0.05, 0.1) is 0 Å². The topological polar surface area (TPSA) is 83.4 Å². The van der Waals surface area contributed by atoms with Gasteiger partial charge >= 0.3 is 0 Å². The molecule has 0 unspecified atom stereocenters. The van der Waals surface area contributed by atoms with E-state index in [0.717, 1.165) is 0 Å². The fourth-order valence-electron chi connectivity index (χ4n) is 1.59. The number of aromatic nitrogens is 2. The Kier molecular flexibility index (Phi) is 2.99. The Morgan fingerprint density at radius 1 is 1.47 bits per heavy atom. The van der Waals surface area contributed by atoms with Crippen molar-refractivity contribution in [1.82, 2.24) is 10.1 Å². The van der Waals surface area contributed by atoms with E-state index < -0.39 is 5.54 Å². The van der Waals surface area contributed by atoms with Gasteiger partial charge in [0, 0.05) is 20.3 Å². The minimum Gasteiger partial charge on any atom is -0.381 e. The van der Waals surface area contributed by atoms with Gasteiger partial charge in [-0.1, -0.05) is 5.16 Å². The molecule has 84 valence electrons. The van der Waals surface area contributed by atoms with Gasteiger partial charge in [-0.25, -0.2) is 0 Å². The van der Waals surface area contributed by atoms with E-state index in [1.54, 1.807) is 7.11 Å². The summed E-state index contributed by atoms with van der Waals surface area (Å²) in [6.07, 6.45) is 1.42. The normalized spacial score (nSPS) is 20.4. The van der Waals surface area contributed by atoms with Crippen LogP contribution in [0.1, 0.15) is 24.6 Å². The Balaban J connectivity index is 2.12. The van der Waals surface area contributed by atoms with Crippen molar-refractivity contribution >= 4 is 0 Å². The standard InChI is InChI=1S/C9H15N3O3/c1-13-6-7-11-8(15-12-7)9(10)2-4-14-5-3-9/h2-6,10H2,1H3. The predicted octanol–water partition coefficient (Wildman–Crippen LogP) is 0.180. The first kappa shape index (κ1) is 10.5. The summed E-state index contributed by atoms with van der Waals surface area (Å²) in [7, 11) is 1.59. The second-order valence-corrected chi connectivity index (χ2v) is 3.72. The highest BCUT2D eigenvalue weighted by molar-refractivity contribution is 5.03. The molecule has 0 spiro atoms. The lowest BCUT2D eigenvalue weighted by Crippen LogP contribution is -2.42. The van der Waals surface area contributed by atoms with Gasteiger partial charge in [-0.2, -0.15) is 4.98 Å². The average Bonchev–Trinajstić information content (AvgIpc) is 2.69. The van der Waals surface area contributed by atoms with E-state index in [1.165, 1.54) is 0 Å². The third-order valence-electron chi connectivity index (χ3n) is 2.55. The summed E-state index contributed by atoms with van der Waals surface area (Å²) in [4.78, 5) is 4.21. The maximum atomic E-state index is 6.17. The number of methoxy groups -OCH3 is 1. The van der Waals surface area contributed by atoms with Crippen LogP contribution in [0.25, 0.3) is 0 Å². The molecule has 1 aliphatic rings. The number of nitrogens with two attached hydrogens (primary N) is 1. The molecule has 1 fully saturated rings. The van der Waals surface area contributed by atoms with E-state index in [1.807, 2.05) is 0 Å². The summed E-state index contributed by atoms with van der Waals surface area (Å²) in [6, 6.07) is 0. The third kappa shape index (κ3) is 2.17. The molecule has 0 saturated carbocycles. The summed E-state index contributed by atoms with van der Waals surface area (Å²) in [6.45, 7) is 1.62. The smallest absolute Gasteiger partial charge is 0.246 e. The van der Waals surface area contributed by atoms with E-state index in [-0.39, 0.29) is 0 Å². The lowest BCUT2D eigenvalue weighted by molar-refractivity contribution is 0.0400. The first-order chi connectivity index (χ1) is 7.24. The lowest BCUT2D eigenvalue weighted by atomic mass is 9.91. The number of nitrogens with zero attached hydrogens (tertiary/aromatic N) is 2. The van der Waals surface area contributed by atoms with Crippen LogP contribution in [-0.2, 0) is 21.6 Å². The third-order valence-corrected chi connectivity index (χ3v) is 2.55. The highest BCUT2D eigenvalue weighted by Crippen LogP contribution is 2.27. The molecule has 0 aromatic carbocycles. The monoisotopic (exact) mass is 213 g/mol. The first-order valence-corrected chi connectivity index (χ1v) is 4.93. The molecule has 1 aliphatic heterocycles. The summed E-state index contributed by atoms with van der Waals surface area (Å²) < 4.78 is 15.3. The molecule has 0 radical (unpaired) electrons. The predicted molar refractivity (Wildman–Crippen MR) is 50.9 cm³/mol. The van der Waals surface area contributed by atoms with E-state index in [0.29, 0.717) is 44.4 Å². The van der Waals surface area contributed by atoms with Crippen molar-refractivity contribution in [3.05, 3.63) is 11.7 Å². The van der Waals surface area contributed by atoms with Crippen molar-refractivity contribution in [2.45, 2.75) is 25.0 Å². The molecule has 2 N–H and O–H groups in total. The zero-order chi connectivity index (χ0) is 10.7. The SMILES string of the molecule is COCc1noc(C2(N)CCOCC2)n1. The van der Waals surface area contributed by atoms with Gasteiger partial charge in [-0.05, 0) is 12.8 Å². The molecule has 2 rings (SSSR count). The van der Waals surface area contributed by atoms with Crippen LogP contribution in [0.4, 0.5) is 0 Å². The minimum absolute atomic E-state index is 0.343. The zero-order valence-corrected chi connectivity index (χ0v) is 8.73. The van der Waals surface area contributed by atoms with Crippen LogP contribution in [0.3, 0.4) is 0 Å². The minimum atomic E-state index is -0.531. The molecule has 6 nitrogen and oxygen atoms in total. The van der Waals surface area contributed by atoms with E-state index in [2.05, 4.69) is 10.1 Å². The first-order valence-electron chi connectivity index (χ1n) is 4.93. The summed E-state index contributed by atoms with van der Waals surface area (Å²) >= 11 is 0. The molecule has 1 saturated heterocycles. The van der Waals surface area contributed by atoms with Crippen LogP contribution < -0.4 is 5.73 Å². The average molecular weight is 213 g/mol. The van der Waals surface area contributed by atoms with Gasteiger partial charge in [0.25, 0.3) is 0 Å². The second-order valence-electron chi connectivity index (χ2n) is 3.72. The Bertz CT molecular complexity index is 320. The van der Waals surface area contributed by atoms with Crippen molar-refractivity contribution in [3.63, 3.8) is 0 Å². The Morgan fingerprint density at radius 3 is 2.87 bits per heavy atom. The van der Waals surface area contributed by atoms with Gasteiger partial charge in [-0.3, -0.25) is 0 Å². The van der Waals surface area contributed by atoms with Crippen LogP contribution in [0.2, 0.25) is 0 Å². The number of hydrogen-bond acceptors (Lipinski definition) is 6. The molecule has 1 aromatic rings. The molecule has 2 heterocycles. The van der Waals surface area contributed by atoms with Crippen molar-refractivity contribution in [2.24, 2.45) is 5.73 Å². The maximum Gasteiger partial charge on any atom is 0.246 e. The van der Waals surface area contributed by atoms with Gasteiger partial charge in [0.1, 0.15) is 12.1 Å². The second kappa shape index (κ2) is 4.26. The van der Waals surface area contributed by atoms with Gasteiger partial charge in [-0.15, -0.1) is 0 Å². The van der Waals surface area contributed by atoms with Crippen molar-refractivity contribution in [2.75, 3.05) is 20.3 Å². The molecule has 0 atom stereocenters. The Hall–Kier alpha value is -0.980. The van der Waals surface area contributed by atoms with Gasteiger partial charge < -0.3 is 19.7 Å². The van der Waals surface area contributed by atoms with Crippen LogP contribution in [-0.4, -0.2) is 30.5 Å². The summed E-state index contributed by atoms with van der Waals surface area (Å²) in [5.74, 6) is 1.02. The molecular weight excluding hydrogens is 198 g/mol. The molecule has 0 aliphatic carbocycles. The Labute approximate surface area is 87.7 Å². The number of hydrogen-bond donors (Lipinski definition) is 1. The van der Waals surface area contributed by atoms with E-state index >= 15 is 0 Å². The van der Waals surface area contributed by atoms with E-state index in [9.17, 15) is 0 Å². The van der Waals surface area contributed by atoms with Crippen LogP contribution in [0.5, 0.6) is 0 Å². The maximum absolute atomic E-state index is 6.17. The van der Waals surface area contributed by atoms with E-state index in [4.69, 9.17) is 19.7 Å². The zero-order valence-electron chi connectivity index (χ0n) is 8.73. The van der Waals surface area contributed by atoms with Crippen molar-refractivity contribution < 1.29 is 14.0 Å². The van der Waals surface area contributed by atoms with Gasteiger partial charge in [0.2, 0.25) is 5.89 Å². The molecule has 0 amide bonds. The van der Waals surface area contributed by atoms with Crippen LogP contribution >= 0.6 is 0 Å². The lowest BCUT2D eigenvalue weighted by Gasteiger charge is -2.29. The molecule has 1 aromatic heterocycles. The van der Waals surface area contributed by atoms with Gasteiger partial charge in [0.15, 0.2) is 5.82 Å². The fraction of sp³-hybridized carbons (Fsp3) is 0.778.